The number of hydrogen-bond acceptors (Lipinski definition) is 3. The minimum Gasteiger partial charge on any atom is -0.282 e. The molecule has 0 bridgehead atoms. The summed E-state index contributed by atoms with van der Waals surface area (Å²) in [6, 6.07) is 0. The van der Waals surface area contributed by atoms with Crippen LogP contribution in [0.1, 0.15) is 39.0 Å². The Bertz CT molecular complexity index is 315. The summed E-state index contributed by atoms with van der Waals surface area (Å²) in [7, 11) is 0. The van der Waals surface area contributed by atoms with Gasteiger partial charge in [-0.15, -0.1) is 6.58 Å². The standard InChI is InChI=1S/C13H21NO2S/c1-10(2)7-5-4-6-8-14-12(15)9-11(17-3)13(14)16/h11H,1,4-9H2,2-3H3. The average molecular weight is 255 g/mol. The van der Waals surface area contributed by atoms with Gasteiger partial charge in [-0.3, -0.25) is 14.5 Å². The topological polar surface area (TPSA) is 37.4 Å². The van der Waals surface area contributed by atoms with Crippen LogP contribution in [-0.4, -0.2) is 34.8 Å². The van der Waals surface area contributed by atoms with E-state index in [9.17, 15) is 9.59 Å². The lowest BCUT2D eigenvalue weighted by molar-refractivity contribution is -0.138. The van der Waals surface area contributed by atoms with E-state index in [0.29, 0.717) is 13.0 Å². The summed E-state index contributed by atoms with van der Waals surface area (Å²) in [5.74, 6) is -0.00310. The first-order valence-electron chi connectivity index (χ1n) is 6.07. The Hall–Kier alpha value is -0.770. The molecule has 2 amide bonds. The SMILES string of the molecule is C=C(C)CCCCCN1C(=O)CC(SC)C1=O. The number of hydrogen-bond donors (Lipinski definition) is 0. The maximum Gasteiger partial charge on any atom is 0.242 e. The number of amides is 2. The summed E-state index contributed by atoms with van der Waals surface area (Å²) in [4.78, 5) is 24.8. The number of imide groups is 1. The Labute approximate surface area is 108 Å². The van der Waals surface area contributed by atoms with Gasteiger partial charge in [0.25, 0.3) is 0 Å². The summed E-state index contributed by atoms with van der Waals surface area (Å²) < 4.78 is 0. The van der Waals surface area contributed by atoms with Crippen molar-refractivity contribution in [2.24, 2.45) is 0 Å². The third kappa shape index (κ3) is 4.19. The fourth-order valence-corrected chi connectivity index (χ4v) is 2.58. The second-order valence-electron chi connectivity index (χ2n) is 4.58. The van der Waals surface area contributed by atoms with Crippen LogP contribution in [0.25, 0.3) is 0 Å². The molecule has 0 aliphatic carbocycles. The van der Waals surface area contributed by atoms with Gasteiger partial charge in [-0.25, -0.2) is 0 Å². The van der Waals surface area contributed by atoms with Gasteiger partial charge in [0.05, 0.1) is 5.25 Å². The molecule has 0 aromatic rings. The second kappa shape index (κ2) is 6.84. The molecule has 0 aromatic carbocycles. The number of rotatable bonds is 7. The van der Waals surface area contributed by atoms with Gasteiger partial charge in [-0.2, -0.15) is 11.8 Å². The quantitative estimate of drug-likeness (QED) is 0.399. The summed E-state index contributed by atoms with van der Waals surface area (Å²) in [6.07, 6.45) is 6.35. The molecule has 1 aliphatic heterocycles. The van der Waals surface area contributed by atoms with Crippen LogP contribution < -0.4 is 0 Å². The van der Waals surface area contributed by atoms with Crippen molar-refractivity contribution in [3.63, 3.8) is 0 Å². The van der Waals surface area contributed by atoms with Gasteiger partial charge < -0.3 is 0 Å². The normalized spacial score (nSPS) is 20.1. The van der Waals surface area contributed by atoms with E-state index in [1.54, 1.807) is 0 Å². The van der Waals surface area contributed by atoms with Crippen LogP contribution in [0.2, 0.25) is 0 Å². The molecule has 0 N–H and O–H groups in total. The van der Waals surface area contributed by atoms with Crippen LogP contribution in [-0.2, 0) is 9.59 Å². The van der Waals surface area contributed by atoms with E-state index in [0.717, 1.165) is 25.7 Å². The predicted octanol–water partition coefficient (Wildman–Crippen LogP) is 2.61. The highest BCUT2D eigenvalue weighted by atomic mass is 32.2. The molecule has 4 heteroatoms. The Morgan fingerprint density at radius 1 is 1.41 bits per heavy atom. The Morgan fingerprint density at radius 2 is 2.12 bits per heavy atom. The van der Waals surface area contributed by atoms with E-state index in [2.05, 4.69) is 6.58 Å². The summed E-state index contributed by atoms with van der Waals surface area (Å²) in [5.41, 5.74) is 1.20. The van der Waals surface area contributed by atoms with Crippen LogP contribution >= 0.6 is 11.8 Å². The van der Waals surface area contributed by atoms with Crippen molar-refractivity contribution in [2.75, 3.05) is 12.8 Å². The molecule has 3 nitrogen and oxygen atoms in total. The number of thioether (sulfide) groups is 1. The third-order valence-electron chi connectivity index (χ3n) is 2.97. The lowest BCUT2D eigenvalue weighted by Crippen LogP contribution is -2.32. The van der Waals surface area contributed by atoms with E-state index >= 15 is 0 Å². The fraction of sp³-hybridized carbons (Fsp3) is 0.692. The summed E-state index contributed by atoms with van der Waals surface area (Å²) in [6.45, 7) is 6.47. The van der Waals surface area contributed by atoms with E-state index in [4.69, 9.17) is 0 Å². The molecule has 1 rings (SSSR count). The molecule has 0 saturated carbocycles. The number of carbonyl (C=O) groups is 2. The third-order valence-corrected chi connectivity index (χ3v) is 3.91. The minimum atomic E-state index is -0.141. The number of allylic oxidation sites excluding steroid dienone is 1. The molecule has 0 radical (unpaired) electrons. The lowest BCUT2D eigenvalue weighted by Gasteiger charge is -2.14. The fourth-order valence-electron chi connectivity index (χ4n) is 1.95. The largest absolute Gasteiger partial charge is 0.282 e. The van der Waals surface area contributed by atoms with Crippen molar-refractivity contribution in [3.05, 3.63) is 12.2 Å². The van der Waals surface area contributed by atoms with E-state index < -0.39 is 0 Å². The first-order valence-corrected chi connectivity index (χ1v) is 7.36. The highest BCUT2D eigenvalue weighted by Crippen LogP contribution is 2.23. The first kappa shape index (κ1) is 14.3. The molecule has 1 aliphatic rings. The van der Waals surface area contributed by atoms with Crippen LogP contribution in [0.5, 0.6) is 0 Å². The second-order valence-corrected chi connectivity index (χ2v) is 5.62. The molecule has 1 fully saturated rings. The van der Waals surface area contributed by atoms with Gasteiger partial charge in [0.2, 0.25) is 11.8 Å². The van der Waals surface area contributed by atoms with Crippen molar-refractivity contribution in [1.29, 1.82) is 0 Å². The molecule has 96 valence electrons. The van der Waals surface area contributed by atoms with Crippen LogP contribution in [0.3, 0.4) is 0 Å². The smallest absolute Gasteiger partial charge is 0.242 e. The molecule has 0 aromatic heterocycles. The molecular weight excluding hydrogens is 234 g/mol. The van der Waals surface area contributed by atoms with Gasteiger partial charge in [-0.05, 0) is 32.4 Å². The van der Waals surface area contributed by atoms with Crippen LogP contribution in [0.15, 0.2) is 12.2 Å². The van der Waals surface area contributed by atoms with Crippen molar-refractivity contribution in [1.82, 2.24) is 4.90 Å². The predicted molar refractivity (Wildman–Crippen MR) is 71.9 cm³/mol. The van der Waals surface area contributed by atoms with Gasteiger partial charge in [-0.1, -0.05) is 12.0 Å². The maximum atomic E-state index is 11.8. The minimum absolute atomic E-state index is 0.00222. The zero-order valence-electron chi connectivity index (χ0n) is 10.7. The highest BCUT2D eigenvalue weighted by Gasteiger charge is 2.37. The van der Waals surface area contributed by atoms with Crippen molar-refractivity contribution in [3.8, 4) is 0 Å². The zero-order valence-corrected chi connectivity index (χ0v) is 11.5. The average Bonchev–Trinajstić information content (AvgIpc) is 2.54. The molecular formula is C13H21NO2S. The highest BCUT2D eigenvalue weighted by molar-refractivity contribution is 8.00. The molecule has 0 spiro atoms. The summed E-state index contributed by atoms with van der Waals surface area (Å²) >= 11 is 1.47. The lowest BCUT2D eigenvalue weighted by atomic mass is 10.1. The van der Waals surface area contributed by atoms with E-state index in [1.165, 1.54) is 22.2 Å². The van der Waals surface area contributed by atoms with Gasteiger partial charge in [0, 0.05) is 13.0 Å². The van der Waals surface area contributed by atoms with Crippen molar-refractivity contribution in [2.45, 2.75) is 44.3 Å². The van der Waals surface area contributed by atoms with E-state index in [1.807, 2.05) is 13.2 Å². The van der Waals surface area contributed by atoms with Crippen molar-refractivity contribution >= 4 is 23.6 Å². The van der Waals surface area contributed by atoms with Gasteiger partial charge in [0.15, 0.2) is 0 Å². The van der Waals surface area contributed by atoms with Gasteiger partial charge in [0.1, 0.15) is 0 Å². The monoisotopic (exact) mass is 255 g/mol. The zero-order chi connectivity index (χ0) is 12.8. The molecule has 1 unspecified atom stereocenters. The molecule has 17 heavy (non-hydrogen) atoms. The van der Waals surface area contributed by atoms with Crippen molar-refractivity contribution < 1.29 is 9.59 Å². The van der Waals surface area contributed by atoms with Gasteiger partial charge >= 0.3 is 0 Å². The number of carbonyl (C=O) groups excluding carboxylic acids is 2. The maximum absolute atomic E-state index is 11.8. The summed E-state index contributed by atoms with van der Waals surface area (Å²) in [5, 5.41) is -0.141. The first-order chi connectivity index (χ1) is 8.06. The van der Waals surface area contributed by atoms with Crippen LogP contribution in [0.4, 0.5) is 0 Å². The Morgan fingerprint density at radius 3 is 2.65 bits per heavy atom. The number of nitrogens with zero attached hydrogens (tertiary/aromatic N) is 1. The number of likely N-dealkylation sites (tertiary alicyclic amines) is 1. The Kier molecular flexibility index (Phi) is 5.75. The molecule has 1 saturated heterocycles. The Balaban J connectivity index is 2.25. The molecule has 1 heterocycles. The van der Waals surface area contributed by atoms with Crippen LogP contribution in [0, 0.1) is 0 Å². The van der Waals surface area contributed by atoms with E-state index in [-0.39, 0.29) is 17.1 Å². The molecule has 1 atom stereocenters. The number of unbranched alkanes of at least 4 members (excludes halogenated alkanes) is 2.